The van der Waals surface area contributed by atoms with Crippen molar-refractivity contribution in [1.82, 2.24) is 15.0 Å². The van der Waals surface area contributed by atoms with Gasteiger partial charge in [0.05, 0.1) is 11.6 Å². The Morgan fingerprint density at radius 2 is 2.11 bits per heavy atom. The van der Waals surface area contributed by atoms with Crippen molar-refractivity contribution in [3.8, 4) is 17.5 Å². The van der Waals surface area contributed by atoms with E-state index in [1.807, 2.05) is 42.2 Å². The SMILES string of the molecule is Cc1ccccc1CN1C[C@@H](c2noc(-c3cccc(C#N)c3)n2)CC1=O. The van der Waals surface area contributed by atoms with Crippen LogP contribution in [0.15, 0.2) is 53.1 Å². The minimum Gasteiger partial charge on any atom is -0.338 e. The molecule has 6 nitrogen and oxygen atoms in total. The van der Waals surface area contributed by atoms with E-state index in [-0.39, 0.29) is 11.8 Å². The van der Waals surface area contributed by atoms with Gasteiger partial charge in [0.25, 0.3) is 5.89 Å². The molecule has 0 bridgehead atoms. The van der Waals surface area contributed by atoms with Crippen LogP contribution in [0.5, 0.6) is 0 Å². The number of aryl methyl sites for hydroxylation is 1. The molecule has 0 aliphatic carbocycles. The van der Waals surface area contributed by atoms with E-state index in [1.165, 1.54) is 5.56 Å². The second kappa shape index (κ2) is 7.04. The molecule has 1 saturated heterocycles. The number of likely N-dealkylation sites (tertiary alicyclic amines) is 1. The summed E-state index contributed by atoms with van der Waals surface area (Å²) < 4.78 is 5.37. The Balaban J connectivity index is 1.50. The second-order valence-corrected chi connectivity index (χ2v) is 6.75. The van der Waals surface area contributed by atoms with Crippen LogP contribution in [0.1, 0.15) is 34.9 Å². The van der Waals surface area contributed by atoms with E-state index < -0.39 is 0 Å². The first kappa shape index (κ1) is 17.0. The van der Waals surface area contributed by atoms with Crippen molar-refractivity contribution in [2.24, 2.45) is 0 Å². The number of benzene rings is 2. The Morgan fingerprint density at radius 3 is 2.93 bits per heavy atom. The fourth-order valence-corrected chi connectivity index (χ4v) is 3.33. The summed E-state index contributed by atoms with van der Waals surface area (Å²) in [6, 6.07) is 17.2. The van der Waals surface area contributed by atoms with Crippen molar-refractivity contribution >= 4 is 5.91 Å². The lowest BCUT2D eigenvalue weighted by Crippen LogP contribution is -2.24. The van der Waals surface area contributed by atoms with Crippen molar-refractivity contribution in [1.29, 1.82) is 5.26 Å². The van der Waals surface area contributed by atoms with Gasteiger partial charge in [0.1, 0.15) is 0 Å². The summed E-state index contributed by atoms with van der Waals surface area (Å²) >= 11 is 0. The van der Waals surface area contributed by atoms with Crippen molar-refractivity contribution in [2.45, 2.75) is 25.8 Å². The third-order valence-electron chi connectivity index (χ3n) is 4.88. The Bertz CT molecular complexity index is 1030. The monoisotopic (exact) mass is 358 g/mol. The molecule has 4 rings (SSSR count). The third-order valence-corrected chi connectivity index (χ3v) is 4.88. The van der Waals surface area contributed by atoms with E-state index in [1.54, 1.807) is 18.2 Å². The van der Waals surface area contributed by atoms with Crippen LogP contribution >= 0.6 is 0 Å². The van der Waals surface area contributed by atoms with E-state index in [0.717, 1.165) is 5.56 Å². The summed E-state index contributed by atoms with van der Waals surface area (Å²) in [5, 5.41) is 13.1. The molecule has 6 heteroatoms. The van der Waals surface area contributed by atoms with E-state index >= 15 is 0 Å². The number of nitrogens with zero attached hydrogens (tertiary/aromatic N) is 4. The second-order valence-electron chi connectivity index (χ2n) is 6.75. The molecule has 0 saturated carbocycles. The molecule has 1 fully saturated rings. The number of rotatable bonds is 4. The topological polar surface area (TPSA) is 83.0 Å². The Labute approximate surface area is 157 Å². The van der Waals surface area contributed by atoms with E-state index in [4.69, 9.17) is 9.78 Å². The van der Waals surface area contributed by atoms with Crippen LogP contribution in [0.3, 0.4) is 0 Å². The number of carbonyl (C=O) groups excluding carboxylic acids is 1. The molecule has 134 valence electrons. The molecular weight excluding hydrogens is 340 g/mol. The first-order valence-electron chi connectivity index (χ1n) is 8.80. The normalized spacial score (nSPS) is 16.5. The van der Waals surface area contributed by atoms with Crippen LogP contribution in [0.25, 0.3) is 11.5 Å². The van der Waals surface area contributed by atoms with Crippen molar-refractivity contribution in [3.63, 3.8) is 0 Å². The fraction of sp³-hybridized carbons (Fsp3) is 0.238. The average molecular weight is 358 g/mol. The minimum atomic E-state index is -0.0850. The smallest absolute Gasteiger partial charge is 0.257 e. The number of hydrogen-bond donors (Lipinski definition) is 0. The Kier molecular flexibility index (Phi) is 4.43. The zero-order valence-electron chi connectivity index (χ0n) is 14.9. The van der Waals surface area contributed by atoms with Gasteiger partial charge in [0.15, 0.2) is 5.82 Å². The van der Waals surface area contributed by atoms with Gasteiger partial charge in [-0.3, -0.25) is 4.79 Å². The summed E-state index contributed by atoms with van der Waals surface area (Å²) in [5.74, 6) is 0.916. The van der Waals surface area contributed by atoms with Crippen LogP contribution in [0.4, 0.5) is 0 Å². The highest BCUT2D eigenvalue weighted by Gasteiger charge is 2.33. The maximum atomic E-state index is 12.4. The summed E-state index contributed by atoms with van der Waals surface area (Å²) in [6.45, 7) is 3.22. The number of hydrogen-bond acceptors (Lipinski definition) is 5. The molecule has 0 N–H and O–H groups in total. The number of aromatic nitrogens is 2. The summed E-state index contributed by atoms with van der Waals surface area (Å²) in [4.78, 5) is 18.7. The van der Waals surface area contributed by atoms with Gasteiger partial charge in [0, 0.05) is 31.0 Å². The fourth-order valence-electron chi connectivity index (χ4n) is 3.33. The summed E-state index contributed by atoms with van der Waals surface area (Å²) in [5.41, 5.74) is 3.56. The molecule has 1 aromatic heterocycles. The van der Waals surface area contributed by atoms with Gasteiger partial charge < -0.3 is 9.42 Å². The maximum Gasteiger partial charge on any atom is 0.257 e. The van der Waals surface area contributed by atoms with Gasteiger partial charge in [-0.2, -0.15) is 10.2 Å². The molecule has 1 aliphatic rings. The molecule has 0 radical (unpaired) electrons. The quantitative estimate of drug-likeness (QED) is 0.713. The van der Waals surface area contributed by atoms with Gasteiger partial charge in [-0.15, -0.1) is 0 Å². The lowest BCUT2D eigenvalue weighted by molar-refractivity contribution is -0.128. The molecule has 2 heterocycles. The highest BCUT2D eigenvalue weighted by atomic mass is 16.5. The first-order valence-corrected chi connectivity index (χ1v) is 8.80. The molecule has 0 unspecified atom stereocenters. The molecule has 1 amide bonds. The van der Waals surface area contributed by atoms with E-state index in [9.17, 15) is 4.79 Å². The zero-order valence-corrected chi connectivity index (χ0v) is 14.9. The van der Waals surface area contributed by atoms with Crippen molar-refractivity contribution in [2.75, 3.05) is 6.54 Å². The molecular formula is C21H18N4O2. The van der Waals surface area contributed by atoms with Gasteiger partial charge in [-0.1, -0.05) is 35.5 Å². The van der Waals surface area contributed by atoms with Crippen molar-refractivity contribution < 1.29 is 9.32 Å². The van der Waals surface area contributed by atoms with E-state index in [0.29, 0.717) is 42.4 Å². The summed E-state index contributed by atoms with van der Waals surface area (Å²) in [6.07, 6.45) is 0.378. The lowest BCUT2D eigenvalue weighted by atomic mass is 10.1. The van der Waals surface area contributed by atoms with Crippen LogP contribution in [0.2, 0.25) is 0 Å². The maximum absolute atomic E-state index is 12.4. The van der Waals surface area contributed by atoms with Crippen LogP contribution < -0.4 is 0 Å². The van der Waals surface area contributed by atoms with Gasteiger partial charge in [-0.05, 0) is 36.2 Å². The molecule has 0 spiro atoms. The zero-order chi connectivity index (χ0) is 18.8. The Hall–Kier alpha value is -3.46. The predicted octanol–water partition coefficient (Wildman–Crippen LogP) is 3.43. The predicted molar refractivity (Wildman–Crippen MR) is 98.4 cm³/mol. The molecule has 3 aromatic rings. The van der Waals surface area contributed by atoms with Gasteiger partial charge in [-0.25, -0.2) is 0 Å². The highest BCUT2D eigenvalue weighted by Crippen LogP contribution is 2.29. The lowest BCUT2D eigenvalue weighted by Gasteiger charge is -2.17. The first-order chi connectivity index (χ1) is 13.1. The average Bonchev–Trinajstić information content (AvgIpc) is 3.31. The molecule has 1 atom stereocenters. The number of nitriles is 1. The van der Waals surface area contributed by atoms with E-state index in [2.05, 4.69) is 16.2 Å². The van der Waals surface area contributed by atoms with Gasteiger partial charge >= 0.3 is 0 Å². The third kappa shape index (κ3) is 3.44. The van der Waals surface area contributed by atoms with Gasteiger partial charge in [0.2, 0.25) is 5.91 Å². The molecule has 2 aromatic carbocycles. The number of amides is 1. The highest BCUT2D eigenvalue weighted by molar-refractivity contribution is 5.79. The van der Waals surface area contributed by atoms with Crippen LogP contribution in [-0.2, 0) is 11.3 Å². The largest absolute Gasteiger partial charge is 0.338 e. The summed E-state index contributed by atoms with van der Waals surface area (Å²) in [7, 11) is 0. The number of carbonyl (C=O) groups is 1. The van der Waals surface area contributed by atoms with Crippen LogP contribution in [-0.4, -0.2) is 27.5 Å². The standard InChI is InChI=1S/C21H18N4O2/c1-14-5-2-3-7-17(14)12-25-13-18(10-19(25)26)20-23-21(27-24-20)16-8-4-6-15(9-16)11-22/h2-9,18H,10,12-13H2,1H3/t18-/m0/s1. The Morgan fingerprint density at radius 1 is 1.26 bits per heavy atom. The van der Waals surface area contributed by atoms with Crippen molar-refractivity contribution in [3.05, 3.63) is 71.0 Å². The molecule has 1 aliphatic heterocycles. The minimum absolute atomic E-state index is 0.0850. The molecule has 27 heavy (non-hydrogen) atoms. The van der Waals surface area contributed by atoms with Crippen LogP contribution in [0, 0.1) is 18.3 Å².